The van der Waals surface area contributed by atoms with E-state index in [2.05, 4.69) is 43.8 Å². The highest BCUT2D eigenvalue weighted by Gasteiger charge is 2.29. The van der Waals surface area contributed by atoms with Crippen LogP contribution in [0, 0.1) is 6.92 Å². The molecule has 0 radical (unpaired) electrons. The number of carbonyl (C=O) groups is 1. The molecular weight excluding hydrogens is 474 g/mol. The number of rotatable bonds is 8. The smallest absolute Gasteiger partial charge is 0.215 e. The van der Waals surface area contributed by atoms with Crippen LogP contribution in [0.1, 0.15) is 23.3 Å². The number of imidazole rings is 2. The van der Waals surface area contributed by atoms with Crippen molar-refractivity contribution in [1.82, 2.24) is 29.1 Å². The van der Waals surface area contributed by atoms with Crippen LogP contribution < -0.4 is 4.90 Å². The standard InChI is InChI=1S/C30H27N7O/c1-21-29(22-10-12-25(13-11-22)36-16-15-31-19-36)35(2)30(33-21)27(18-24-8-5-6-14-32-24)37(20-38)28-17-23-7-3-4-9-26(23)34-28/h3-17,19-20,27,34H,18H2,1-2H3/t27-/m0/s1. The Hall–Kier alpha value is -4.98. The predicted molar refractivity (Wildman–Crippen MR) is 148 cm³/mol. The molecule has 0 aliphatic heterocycles. The summed E-state index contributed by atoms with van der Waals surface area (Å²) < 4.78 is 4.06. The first kappa shape index (κ1) is 23.4. The summed E-state index contributed by atoms with van der Waals surface area (Å²) in [5.41, 5.74) is 5.84. The van der Waals surface area contributed by atoms with Gasteiger partial charge in [-0.3, -0.25) is 14.7 Å². The average Bonchev–Trinajstić information content (AvgIpc) is 3.69. The fourth-order valence-corrected chi connectivity index (χ4v) is 5.09. The van der Waals surface area contributed by atoms with Gasteiger partial charge in [0.25, 0.3) is 0 Å². The van der Waals surface area contributed by atoms with Gasteiger partial charge in [-0.25, -0.2) is 9.97 Å². The quantitative estimate of drug-likeness (QED) is 0.283. The number of amides is 1. The molecule has 0 bridgehead atoms. The number of H-pyrrole nitrogens is 1. The predicted octanol–water partition coefficient (Wildman–Crippen LogP) is 5.40. The van der Waals surface area contributed by atoms with Gasteiger partial charge in [-0.15, -0.1) is 0 Å². The number of para-hydroxylation sites is 1. The molecule has 38 heavy (non-hydrogen) atoms. The van der Waals surface area contributed by atoms with E-state index in [1.165, 1.54) is 0 Å². The number of nitrogens with one attached hydrogen (secondary N) is 1. The molecule has 2 aromatic carbocycles. The lowest BCUT2D eigenvalue weighted by Gasteiger charge is -2.27. The average molecular weight is 502 g/mol. The Kier molecular flexibility index (Phi) is 6.05. The van der Waals surface area contributed by atoms with Crippen molar-refractivity contribution in [2.75, 3.05) is 4.90 Å². The summed E-state index contributed by atoms with van der Waals surface area (Å²) >= 11 is 0. The first-order valence-corrected chi connectivity index (χ1v) is 12.5. The lowest BCUT2D eigenvalue weighted by atomic mass is 10.1. The largest absolute Gasteiger partial charge is 0.341 e. The number of aromatic nitrogens is 6. The number of benzene rings is 2. The summed E-state index contributed by atoms with van der Waals surface area (Å²) in [6.45, 7) is 2.01. The monoisotopic (exact) mass is 501 g/mol. The number of fused-ring (bicyclic) bond motifs is 1. The minimum Gasteiger partial charge on any atom is -0.341 e. The first-order valence-electron chi connectivity index (χ1n) is 12.5. The van der Waals surface area contributed by atoms with Crippen molar-refractivity contribution in [3.63, 3.8) is 0 Å². The van der Waals surface area contributed by atoms with Crippen LogP contribution in [0.25, 0.3) is 27.8 Å². The fourth-order valence-electron chi connectivity index (χ4n) is 5.09. The highest BCUT2D eigenvalue weighted by Crippen LogP contribution is 2.33. The number of hydrogen-bond donors (Lipinski definition) is 1. The summed E-state index contributed by atoms with van der Waals surface area (Å²) in [7, 11) is 2.01. The van der Waals surface area contributed by atoms with E-state index in [9.17, 15) is 4.79 Å². The van der Waals surface area contributed by atoms with Crippen LogP contribution in [0.3, 0.4) is 0 Å². The second-order valence-electron chi connectivity index (χ2n) is 9.28. The SMILES string of the molecule is Cc1nc([C@H](Cc2ccccn2)N(C=O)c2cc3ccccc3[nH]2)n(C)c1-c1ccc(-n2ccnc2)cc1. The minimum atomic E-state index is -0.377. The van der Waals surface area contributed by atoms with Gasteiger partial charge in [0, 0.05) is 59.9 Å². The molecule has 0 fully saturated rings. The molecule has 4 aromatic heterocycles. The first-order chi connectivity index (χ1) is 18.6. The van der Waals surface area contributed by atoms with Gasteiger partial charge >= 0.3 is 0 Å². The van der Waals surface area contributed by atoms with Crippen LogP contribution in [-0.2, 0) is 18.3 Å². The zero-order valence-electron chi connectivity index (χ0n) is 21.2. The Morgan fingerprint density at radius 2 is 1.84 bits per heavy atom. The Morgan fingerprint density at radius 3 is 2.55 bits per heavy atom. The van der Waals surface area contributed by atoms with Gasteiger partial charge in [0.15, 0.2) is 0 Å². The maximum Gasteiger partial charge on any atom is 0.215 e. The van der Waals surface area contributed by atoms with E-state index in [1.54, 1.807) is 23.6 Å². The summed E-state index contributed by atoms with van der Waals surface area (Å²) in [4.78, 5) is 31.5. The number of aromatic amines is 1. The minimum absolute atomic E-state index is 0.377. The maximum absolute atomic E-state index is 12.7. The molecule has 0 saturated carbocycles. The van der Waals surface area contributed by atoms with Gasteiger partial charge in [-0.1, -0.05) is 36.4 Å². The van der Waals surface area contributed by atoms with E-state index in [0.29, 0.717) is 12.2 Å². The summed E-state index contributed by atoms with van der Waals surface area (Å²) in [5.74, 6) is 1.50. The lowest BCUT2D eigenvalue weighted by Crippen LogP contribution is -2.31. The van der Waals surface area contributed by atoms with Crippen LogP contribution >= 0.6 is 0 Å². The number of pyridine rings is 1. The normalized spacial score (nSPS) is 12.1. The van der Waals surface area contributed by atoms with E-state index in [-0.39, 0.29) is 6.04 Å². The van der Waals surface area contributed by atoms with Crippen LogP contribution in [0.5, 0.6) is 0 Å². The van der Waals surface area contributed by atoms with Crippen molar-refractivity contribution < 1.29 is 4.79 Å². The molecule has 0 aliphatic carbocycles. The number of anilines is 1. The van der Waals surface area contributed by atoms with Gasteiger partial charge in [-0.05, 0) is 43.3 Å². The van der Waals surface area contributed by atoms with Crippen LogP contribution in [0.2, 0.25) is 0 Å². The van der Waals surface area contributed by atoms with Crippen molar-refractivity contribution in [3.05, 3.63) is 115 Å². The Morgan fingerprint density at radius 1 is 1.03 bits per heavy atom. The molecule has 6 aromatic rings. The molecule has 1 amide bonds. The molecule has 0 spiro atoms. The van der Waals surface area contributed by atoms with Gasteiger partial charge in [-0.2, -0.15) is 0 Å². The topological polar surface area (TPSA) is 84.6 Å². The van der Waals surface area contributed by atoms with E-state index >= 15 is 0 Å². The van der Waals surface area contributed by atoms with Gasteiger partial charge in [0.2, 0.25) is 6.41 Å². The van der Waals surface area contributed by atoms with Crippen molar-refractivity contribution in [2.24, 2.45) is 7.05 Å². The van der Waals surface area contributed by atoms with Gasteiger partial charge in [0.05, 0.1) is 17.7 Å². The molecule has 6 rings (SSSR count). The molecule has 1 atom stereocenters. The number of hydrogen-bond acceptors (Lipinski definition) is 4. The van der Waals surface area contributed by atoms with Gasteiger partial charge < -0.3 is 14.1 Å². The molecule has 1 N–H and O–H groups in total. The second kappa shape index (κ2) is 9.82. The molecule has 0 saturated heterocycles. The van der Waals surface area contributed by atoms with Crippen LogP contribution in [-0.4, -0.2) is 35.5 Å². The Labute approximate surface area is 220 Å². The molecule has 8 heteroatoms. The Balaban J connectivity index is 1.43. The van der Waals surface area contributed by atoms with Gasteiger partial charge in [0.1, 0.15) is 17.7 Å². The van der Waals surface area contributed by atoms with E-state index in [0.717, 1.165) is 51.5 Å². The van der Waals surface area contributed by atoms with Crippen molar-refractivity contribution in [3.8, 4) is 16.9 Å². The van der Waals surface area contributed by atoms with E-state index < -0.39 is 0 Å². The highest BCUT2D eigenvalue weighted by molar-refractivity contribution is 5.88. The van der Waals surface area contributed by atoms with Crippen LogP contribution in [0.4, 0.5) is 5.82 Å². The summed E-state index contributed by atoms with van der Waals surface area (Å²) in [5, 5.41) is 1.04. The zero-order valence-corrected chi connectivity index (χ0v) is 21.2. The van der Waals surface area contributed by atoms with E-state index in [1.807, 2.05) is 73.3 Å². The maximum atomic E-state index is 12.7. The molecule has 8 nitrogen and oxygen atoms in total. The second-order valence-corrected chi connectivity index (χ2v) is 9.28. The molecule has 4 heterocycles. The summed E-state index contributed by atoms with van der Waals surface area (Å²) in [6.07, 6.45) is 8.63. The molecular formula is C30H27N7O. The number of carbonyl (C=O) groups excluding carboxylic acids is 1. The Bertz CT molecular complexity index is 1650. The van der Waals surface area contributed by atoms with E-state index in [4.69, 9.17) is 4.98 Å². The highest BCUT2D eigenvalue weighted by atomic mass is 16.1. The third-order valence-corrected chi connectivity index (χ3v) is 6.92. The van der Waals surface area contributed by atoms with Crippen molar-refractivity contribution in [1.29, 1.82) is 0 Å². The molecule has 188 valence electrons. The summed E-state index contributed by atoms with van der Waals surface area (Å²) in [6, 6.07) is 23.8. The lowest BCUT2D eigenvalue weighted by molar-refractivity contribution is -0.108. The zero-order chi connectivity index (χ0) is 26.1. The third kappa shape index (κ3) is 4.26. The molecule has 0 aliphatic rings. The third-order valence-electron chi connectivity index (χ3n) is 6.92. The van der Waals surface area contributed by atoms with Crippen molar-refractivity contribution >= 4 is 23.1 Å². The fraction of sp³-hybridized carbons (Fsp3) is 0.133. The molecule has 0 unspecified atom stereocenters. The number of aryl methyl sites for hydroxylation is 1. The van der Waals surface area contributed by atoms with Crippen LogP contribution in [0.15, 0.2) is 97.7 Å². The van der Waals surface area contributed by atoms with Crippen molar-refractivity contribution in [2.45, 2.75) is 19.4 Å². The number of nitrogens with zero attached hydrogens (tertiary/aromatic N) is 6.